The van der Waals surface area contributed by atoms with Crippen LogP contribution in [0.2, 0.25) is 0 Å². The van der Waals surface area contributed by atoms with E-state index in [4.69, 9.17) is 4.74 Å². The lowest BCUT2D eigenvalue weighted by Crippen LogP contribution is -2.55. The predicted molar refractivity (Wildman–Crippen MR) is 177 cm³/mol. The number of halogens is 3. The molecule has 244 valence electrons. The zero-order chi connectivity index (χ0) is 32.8. The van der Waals surface area contributed by atoms with E-state index in [1.807, 2.05) is 14.0 Å². The average Bonchev–Trinajstić information content (AvgIpc) is 3.71. The van der Waals surface area contributed by atoms with Gasteiger partial charge in [0.25, 0.3) is 0 Å². The van der Waals surface area contributed by atoms with E-state index >= 15 is 13.2 Å². The van der Waals surface area contributed by atoms with E-state index in [1.54, 1.807) is 6.92 Å². The molecule has 4 aliphatic rings. The van der Waals surface area contributed by atoms with Gasteiger partial charge < -0.3 is 30.7 Å². The fourth-order valence-corrected chi connectivity index (χ4v) is 7.12. The summed E-state index contributed by atoms with van der Waals surface area (Å²) < 4.78 is 54.4. The number of aryl methyl sites for hydroxylation is 1. The van der Waals surface area contributed by atoms with Crippen LogP contribution in [0.25, 0.3) is 16.3 Å². The van der Waals surface area contributed by atoms with Crippen LogP contribution in [0.1, 0.15) is 50.7 Å². The third kappa shape index (κ3) is 5.90. The normalized spacial score (nSPS) is 24.3. The summed E-state index contributed by atoms with van der Waals surface area (Å²) in [6, 6.07) is 5.55. The molecule has 1 saturated carbocycles. The van der Waals surface area contributed by atoms with Gasteiger partial charge in [-0.15, -0.1) is 0 Å². The number of aliphatic imine (C=N–C) groups is 1. The largest absolute Gasteiger partial charge is 0.508 e. The highest BCUT2D eigenvalue weighted by atomic mass is 19.1. The minimum absolute atomic E-state index is 0.0138. The molecule has 0 amide bonds. The Morgan fingerprint density at radius 1 is 1.20 bits per heavy atom. The van der Waals surface area contributed by atoms with E-state index in [0.29, 0.717) is 48.3 Å². The summed E-state index contributed by atoms with van der Waals surface area (Å²) in [5.74, 6) is -1.68. The smallest absolute Gasteiger partial charge is 0.206 e. The molecule has 0 radical (unpaired) electrons. The second kappa shape index (κ2) is 12.2. The van der Waals surface area contributed by atoms with Crippen molar-refractivity contribution in [3.8, 4) is 5.75 Å². The molecular weight excluding hydrogens is 591 g/mol. The monoisotopic (exact) mass is 633 g/mol. The first-order valence-electron chi connectivity index (χ1n) is 15.9. The predicted octanol–water partition coefficient (Wildman–Crippen LogP) is 6.50. The summed E-state index contributed by atoms with van der Waals surface area (Å²) in [4.78, 5) is 6.67. The number of piperidine rings is 1. The summed E-state index contributed by atoms with van der Waals surface area (Å²) in [5, 5.41) is 21.3. The third-order valence-corrected chi connectivity index (χ3v) is 9.76. The Hall–Kier alpha value is -4.18. The highest BCUT2D eigenvalue weighted by Gasteiger charge is 2.43. The Labute approximate surface area is 268 Å². The summed E-state index contributed by atoms with van der Waals surface area (Å²) in [6.07, 6.45) is 5.38. The van der Waals surface area contributed by atoms with E-state index in [2.05, 4.69) is 39.0 Å². The molecule has 2 aromatic carbocycles. The molecule has 1 atom stereocenters. The number of hydrogen-bond acceptors (Lipinski definition) is 7. The second-order valence-corrected chi connectivity index (χ2v) is 13.1. The molecule has 1 spiro atoms. The first kappa shape index (κ1) is 31.8. The third-order valence-electron chi connectivity index (χ3n) is 9.76. The molecule has 10 heteroatoms. The van der Waals surface area contributed by atoms with Gasteiger partial charge in [0.15, 0.2) is 5.83 Å². The highest BCUT2D eigenvalue weighted by Crippen LogP contribution is 2.46. The van der Waals surface area contributed by atoms with E-state index < -0.39 is 23.0 Å². The van der Waals surface area contributed by atoms with Gasteiger partial charge in [0, 0.05) is 42.9 Å². The number of nitrogens with one attached hydrogen (secondary N) is 3. The van der Waals surface area contributed by atoms with Gasteiger partial charge in [0.1, 0.15) is 23.1 Å². The van der Waals surface area contributed by atoms with Crippen molar-refractivity contribution in [1.82, 2.24) is 20.9 Å². The minimum Gasteiger partial charge on any atom is -0.508 e. The molecule has 7 nitrogen and oxygen atoms in total. The number of phenolic OH excluding ortho intramolecular Hbond substituents is 1. The molecule has 0 aromatic heterocycles. The lowest BCUT2D eigenvalue weighted by molar-refractivity contribution is 0.152. The number of fused-ring (bicyclic) bond motifs is 1. The van der Waals surface area contributed by atoms with Crippen LogP contribution in [-0.2, 0) is 11.2 Å². The molecule has 2 aliphatic heterocycles. The zero-order valence-corrected chi connectivity index (χ0v) is 26.8. The summed E-state index contributed by atoms with van der Waals surface area (Å²) in [7, 11) is 1.89. The average molecular weight is 634 g/mol. The fourth-order valence-electron chi connectivity index (χ4n) is 7.12. The molecule has 6 rings (SSSR count). The SMILES string of the molecule is C=C1NCC2(CCCN(/C(C)=C3\C=C(F)C(c4cc(O)cc5ccc(F)c(CC)c45)=C(F)C3=NC(=C)OCC3(CNC)CC3)C2)N1. The van der Waals surface area contributed by atoms with Crippen LogP contribution in [-0.4, -0.2) is 61.1 Å². The molecule has 2 heterocycles. The number of likely N-dealkylation sites (tertiary alicyclic amines) is 1. The van der Waals surface area contributed by atoms with Gasteiger partial charge in [-0.05, 0) is 98.8 Å². The Balaban J connectivity index is 1.47. The van der Waals surface area contributed by atoms with E-state index in [9.17, 15) is 5.11 Å². The quantitative estimate of drug-likeness (QED) is 0.236. The van der Waals surface area contributed by atoms with Gasteiger partial charge in [0.2, 0.25) is 5.88 Å². The number of hydrogen-bond donors (Lipinski definition) is 4. The molecule has 4 N–H and O–H groups in total. The lowest BCUT2D eigenvalue weighted by atomic mass is 9.86. The first-order chi connectivity index (χ1) is 22.0. The number of rotatable bonds is 9. The maximum atomic E-state index is 17.0. The Morgan fingerprint density at radius 3 is 2.65 bits per heavy atom. The van der Waals surface area contributed by atoms with Crippen molar-refractivity contribution >= 4 is 22.1 Å². The van der Waals surface area contributed by atoms with Crippen LogP contribution in [0.4, 0.5) is 13.2 Å². The summed E-state index contributed by atoms with van der Waals surface area (Å²) in [5.41, 5.74) is 0.510. The van der Waals surface area contributed by atoms with Crippen molar-refractivity contribution in [2.75, 3.05) is 39.8 Å². The molecule has 0 bridgehead atoms. The van der Waals surface area contributed by atoms with Crippen molar-refractivity contribution in [1.29, 1.82) is 0 Å². The molecular formula is C36H42F3N5O2. The molecule has 3 fully saturated rings. The Bertz CT molecular complexity index is 1740. The number of allylic oxidation sites excluding steroid dienone is 6. The van der Waals surface area contributed by atoms with Crippen molar-refractivity contribution in [3.05, 3.63) is 95.1 Å². The van der Waals surface area contributed by atoms with Crippen molar-refractivity contribution in [2.24, 2.45) is 10.4 Å². The zero-order valence-electron chi connectivity index (χ0n) is 26.8. The van der Waals surface area contributed by atoms with Gasteiger partial charge in [0.05, 0.1) is 23.5 Å². The number of ether oxygens (including phenoxy) is 1. The van der Waals surface area contributed by atoms with Gasteiger partial charge in [-0.1, -0.05) is 19.6 Å². The van der Waals surface area contributed by atoms with Gasteiger partial charge >= 0.3 is 0 Å². The van der Waals surface area contributed by atoms with Gasteiger partial charge in [-0.3, -0.25) is 0 Å². The van der Waals surface area contributed by atoms with Crippen LogP contribution < -0.4 is 16.0 Å². The lowest BCUT2D eigenvalue weighted by Gasteiger charge is -2.42. The van der Waals surface area contributed by atoms with Crippen LogP contribution in [0, 0.1) is 11.2 Å². The Morgan fingerprint density at radius 2 is 1.98 bits per heavy atom. The van der Waals surface area contributed by atoms with Crippen molar-refractivity contribution in [3.63, 3.8) is 0 Å². The molecule has 46 heavy (non-hydrogen) atoms. The van der Waals surface area contributed by atoms with Gasteiger partial charge in [-0.2, -0.15) is 0 Å². The fraction of sp³-hybridized carbons (Fsp3) is 0.417. The number of nitrogens with zero attached hydrogens (tertiary/aromatic N) is 2. The molecule has 2 saturated heterocycles. The van der Waals surface area contributed by atoms with Crippen molar-refractivity contribution in [2.45, 2.75) is 51.5 Å². The van der Waals surface area contributed by atoms with Crippen LogP contribution >= 0.6 is 0 Å². The van der Waals surface area contributed by atoms with E-state index in [1.165, 1.54) is 30.3 Å². The summed E-state index contributed by atoms with van der Waals surface area (Å²) >= 11 is 0. The topological polar surface area (TPSA) is 81.2 Å². The van der Waals surface area contributed by atoms with Crippen LogP contribution in [0.15, 0.2) is 83.1 Å². The van der Waals surface area contributed by atoms with E-state index in [-0.39, 0.29) is 45.9 Å². The number of aromatic hydroxyl groups is 1. The number of benzene rings is 2. The van der Waals surface area contributed by atoms with Crippen molar-refractivity contribution < 1.29 is 23.0 Å². The van der Waals surface area contributed by atoms with E-state index in [0.717, 1.165) is 38.0 Å². The number of phenols is 1. The highest BCUT2D eigenvalue weighted by molar-refractivity contribution is 6.22. The first-order valence-corrected chi connectivity index (χ1v) is 15.9. The second-order valence-electron chi connectivity index (χ2n) is 13.1. The maximum absolute atomic E-state index is 17.0. The molecule has 2 aromatic rings. The maximum Gasteiger partial charge on any atom is 0.206 e. The minimum atomic E-state index is -0.936. The summed E-state index contributed by atoms with van der Waals surface area (Å²) in [6.45, 7) is 14.8. The van der Waals surface area contributed by atoms with Crippen LogP contribution in [0.3, 0.4) is 0 Å². The van der Waals surface area contributed by atoms with Crippen LogP contribution in [0.5, 0.6) is 5.75 Å². The standard InChI is InChI=1S/C36H42F3N5O2/c1-6-26-29(37)9-8-24-14-25(45)15-28(31(24)26)32-30(38)16-27(21(2)44-13-7-10-36(19-44)18-41-22(3)43-36)34(33(32)39)42-23(4)46-20-35(11-12-35)17-40-5/h8-9,14-16,40-41,43,45H,3-4,6-7,10-13,17-20H2,1-2,5H3/b27-21+,42-34?. The van der Waals surface area contributed by atoms with Gasteiger partial charge in [-0.25, -0.2) is 18.2 Å². The Kier molecular flexibility index (Phi) is 8.43. The molecule has 2 aliphatic carbocycles. The molecule has 1 unspecified atom stereocenters.